The summed E-state index contributed by atoms with van der Waals surface area (Å²) in [6, 6.07) is 0. The minimum atomic E-state index is -0.800. The Hall–Kier alpha value is -2.19. The van der Waals surface area contributed by atoms with E-state index in [1.165, 1.54) is 6.92 Å². The minimum absolute atomic E-state index is 0.0597. The fourth-order valence-corrected chi connectivity index (χ4v) is 4.54. The van der Waals surface area contributed by atoms with Crippen molar-refractivity contribution in [2.24, 2.45) is 0 Å². The standard InChI is InChI=1S/C29H41ClO7/c1-9-34-28(35-10-2)24-19(5)25(30)27(36-20(6)31)21(26(24)33)15-14-17(3)12-11-13-18(4)22-16-23(32)29(7,8)37-22/h13-14,22,28,33H,9-12,15-16H2,1-8H3/t22-/m0/s1. The maximum absolute atomic E-state index is 12.1. The van der Waals surface area contributed by atoms with Crippen molar-refractivity contribution in [1.29, 1.82) is 0 Å². The smallest absolute Gasteiger partial charge is 0.308 e. The molecule has 1 N–H and O–H groups in total. The first kappa shape index (κ1) is 31.0. The SMILES string of the molecule is CCOC(OCC)c1c(C)c(Cl)c(OC(C)=O)c(CC=C(C)CCC=C(C)[C@@H]2CC(=O)C(C)(C)O2)c1O. The van der Waals surface area contributed by atoms with Gasteiger partial charge in [-0.2, -0.15) is 0 Å². The average Bonchev–Trinajstić information content (AvgIpc) is 3.09. The van der Waals surface area contributed by atoms with Gasteiger partial charge in [0.05, 0.1) is 16.7 Å². The zero-order valence-corrected chi connectivity index (χ0v) is 24.1. The van der Waals surface area contributed by atoms with Crippen LogP contribution in [0.1, 0.15) is 90.7 Å². The zero-order valence-electron chi connectivity index (χ0n) is 23.3. The van der Waals surface area contributed by atoms with E-state index in [1.807, 2.05) is 47.6 Å². The fraction of sp³-hybridized carbons (Fsp3) is 0.586. The lowest BCUT2D eigenvalue weighted by Crippen LogP contribution is -2.27. The van der Waals surface area contributed by atoms with Crippen LogP contribution in [-0.4, -0.2) is 41.8 Å². The number of Topliss-reactive ketones (excluding diaryl/α,β-unsaturated/α-hetero) is 1. The molecule has 1 fully saturated rings. The van der Waals surface area contributed by atoms with E-state index in [9.17, 15) is 14.7 Å². The molecular weight excluding hydrogens is 496 g/mol. The topological polar surface area (TPSA) is 91.3 Å². The van der Waals surface area contributed by atoms with Crippen LogP contribution in [0.25, 0.3) is 0 Å². The van der Waals surface area contributed by atoms with Gasteiger partial charge in [-0.25, -0.2) is 0 Å². The highest BCUT2D eigenvalue weighted by molar-refractivity contribution is 6.33. The van der Waals surface area contributed by atoms with Gasteiger partial charge in [-0.05, 0) is 78.9 Å². The number of carbonyl (C=O) groups is 2. The third kappa shape index (κ3) is 7.90. The number of esters is 1. The number of phenols is 1. The van der Waals surface area contributed by atoms with Crippen molar-refractivity contribution in [3.63, 3.8) is 0 Å². The maximum Gasteiger partial charge on any atom is 0.308 e. The molecule has 0 amide bonds. The monoisotopic (exact) mass is 536 g/mol. The second kappa shape index (κ2) is 13.6. The number of rotatable bonds is 12. The van der Waals surface area contributed by atoms with Crippen LogP contribution >= 0.6 is 11.6 Å². The van der Waals surface area contributed by atoms with Crippen molar-refractivity contribution in [2.45, 2.75) is 99.1 Å². The Balaban J connectivity index is 2.28. The number of ketones is 1. The maximum atomic E-state index is 12.1. The summed E-state index contributed by atoms with van der Waals surface area (Å²) in [6.07, 6.45) is 5.38. The Morgan fingerprint density at radius 1 is 1.19 bits per heavy atom. The molecule has 37 heavy (non-hydrogen) atoms. The van der Waals surface area contributed by atoms with Crippen molar-refractivity contribution >= 4 is 23.4 Å². The lowest BCUT2D eigenvalue weighted by Gasteiger charge is -2.24. The molecule has 8 heteroatoms. The van der Waals surface area contributed by atoms with Gasteiger partial charge < -0.3 is 24.1 Å². The van der Waals surface area contributed by atoms with E-state index in [2.05, 4.69) is 6.08 Å². The summed E-state index contributed by atoms with van der Waals surface area (Å²) in [4.78, 5) is 23.9. The first-order chi connectivity index (χ1) is 17.3. The normalized spacial score (nSPS) is 18.1. The largest absolute Gasteiger partial charge is 0.507 e. The molecule has 7 nitrogen and oxygen atoms in total. The molecule has 1 saturated heterocycles. The Bertz CT molecular complexity index is 1050. The number of hydrogen-bond acceptors (Lipinski definition) is 7. The predicted octanol–water partition coefficient (Wildman–Crippen LogP) is 6.70. The highest BCUT2D eigenvalue weighted by Crippen LogP contribution is 2.45. The second-order valence-electron chi connectivity index (χ2n) is 9.83. The van der Waals surface area contributed by atoms with Crippen molar-refractivity contribution < 1.29 is 33.6 Å². The molecule has 1 aromatic carbocycles. The van der Waals surface area contributed by atoms with Gasteiger partial charge in [0.15, 0.2) is 17.8 Å². The van der Waals surface area contributed by atoms with Crippen LogP contribution in [-0.2, 0) is 30.2 Å². The van der Waals surface area contributed by atoms with Gasteiger partial charge in [0, 0.05) is 32.1 Å². The molecule has 0 unspecified atom stereocenters. The van der Waals surface area contributed by atoms with Crippen LogP contribution in [0.4, 0.5) is 0 Å². The molecule has 206 valence electrons. The van der Waals surface area contributed by atoms with Crippen molar-refractivity contribution in [1.82, 2.24) is 0 Å². The second-order valence-corrected chi connectivity index (χ2v) is 10.2. The summed E-state index contributed by atoms with van der Waals surface area (Å²) in [5.41, 5.74) is 2.77. The van der Waals surface area contributed by atoms with Crippen LogP contribution in [0, 0.1) is 6.92 Å². The van der Waals surface area contributed by atoms with E-state index in [0.717, 1.165) is 24.0 Å². The molecule has 0 aliphatic carbocycles. The number of aromatic hydroxyl groups is 1. The van der Waals surface area contributed by atoms with E-state index >= 15 is 0 Å². The summed E-state index contributed by atoms with van der Waals surface area (Å²) >= 11 is 6.63. The first-order valence-electron chi connectivity index (χ1n) is 12.8. The number of halogens is 1. The number of allylic oxidation sites excluding steroid dienone is 3. The Labute approximate surface area is 225 Å². The van der Waals surface area contributed by atoms with Crippen LogP contribution in [0.3, 0.4) is 0 Å². The molecule has 0 spiro atoms. The molecule has 1 heterocycles. The molecule has 1 aliphatic rings. The van der Waals surface area contributed by atoms with Crippen molar-refractivity contribution in [2.75, 3.05) is 13.2 Å². The van der Waals surface area contributed by atoms with E-state index < -0.39 is 17.9 Å². The van der Waals surface area contributed by atoms with Gasteiger partial charge in [-0.3, -0.25) is 9.59 Å². The fourth-order valence-electron chi connectivity index (χ4n) is 4.28. The van der Waals surface area contributed by atoms with E-state index in [4.69, 9.17) is 30.5 Å². The van der Waals surface area contributed by atoms with E-state index in [-0.39, 0.29) is 28.4 Å². The number of phenolic OH excluding ortho intramolecular Hbond substituents is 1. The van der Waals surface area contributed by atoms with Crippen LogP contribution in [0.15, 0.2) is 23.3 Å². The highest BCUT2D eigenvalue weighted by atomic mass is 35.5. The molecule has 1 atom stereocenters. The molecule has 1 aromatic rings. The van der Waals surface area contributed by atoms with Crippen LogP contribution in [0.5, 0.6) is 11.5 Å². The van der Waals surface area contributed by atoms with Gasteiger partial charge >= 0.3 is 5.97 Å². The predicted molar refractivity (Wildman–Crippen MR) is 144 cm³/mol. The Morgan fingerprint density at radius 3 is 2.32 bits per heavy atom. The molecule has 0 saturated carbocycles. The Kier molecular flexibility index (Phi) is 11.4. The molecule has 0 radical (unpaired) electrons. The molecular formula is C29H41ClO7. The number of benzene rings is 1. The third-order valence-electron chi connectivity index (χ3n) is 6.51. The van der Waals surface area contributed by atoms with Gasteiger partial charge in [0.2, 0.25) is 0 Å². The summed E-state index contributed by atoms with van der Waals surface area (Å²) in [7, 11) is 0. The minimum Gasteiger partial charge on any atom is -0.507 e. The van der Waals surface area contributed by atoms with E-state index in [0.29, 0.717) is 42.7 Å². The van der Waals surface area contributed by atoms with Crippen molar-refractivity contribution in [3.05, 3.63) is 45.0 Å². The molecule has 2 rings (SSSR count). The lowest BCUT2D eigenvalue weighted by atomic mass is 9.97. The molecule has 0 bridgehead atoms. The van der Waals surface area contributed by atoms with Crippen LogP contribution in [0.2, 0.25) is 5.02 Å². The van der Waals surface area contributed by atoms with Gasteiger partial charge in [0.25, 0.3) is 0 Å². The van der Waals surface area contributed by atoms with Crippen LogP contribution < -0.4 is 4.74 Å². The number of hydrogen-bond donors (Lipinski definition) is 1. The summed E-state index contributed by atoms with van der Waals surface area (Å²) in [5.74, 6) is -0.324. The third-order valence-corrected chi connectivity index (χ3v) is 6.97. The number of ether oxygens (including phenoxy) is 4. The summed E-state index contributed by atoms with van der Waals surface area (Å²) < 4.78 is 22.8. The lowest BCUT2D eigenvalue weighted by molar-refractivity contribution is -0.141. The van der Waals surface area contributed by atoms with Gasteiger partial charge in [-0.1, -0.05) is 29.3 Å². The van der Waals surface area contributed by atoms with Gasteiger partial charge in [-0.15, -0.1) is 0 Å². The van der Waals surface area contributed by atoms with E-state index in [1.54, 1.807) is 6.92 Å². The summed E-state index contributed by atoms with van der Waals surface area (Å²) in [6.45, 7) is 15.1. The summed E-state index contributed by atoms with van der Waals surface area (Å²) in [5, 5.41) is 11.5. The molecule has 1 aliphatic heterocycles. The van der Waals surface area contributed by atoms with Crippen molar-refractivity contribution in [3.8, 4) is 11.5 Å². The van der Waals surface area contributed by atoms with Gasteiger partial charge in [0.1, 0.15) is 11.4 Å². The average molecular weight is 537 g/mol. The first-order valence-corrected chi connectivity index (χ1v) is 13.2. The number of carbonyl (C=O) groups excluding carboxylic acids is 2. The zero-order chi connectivity index (χ0) is 27.9. The Morgan fingerprint density at radius 2 is 1.81 bits per heavy atom. The quantitative estimate of drug-likeness (QED) is 0.137. The molecule has 0 aromatic heterocycles. The highest BCUT2D eigenvalue weighted by Gasteiger charge is 2.40.